The van der Waals surface area contributed by atoms with Crippen LogP contribution in [0.3, 0.4) is 0 Å². The highest BCUT2D eigenvalue weighted by Gasteiger charge is 2.38. The molecule has 0 radical (unpaired) electrons. The summed E-state index contributed by atoms with van der Waals surface area (Å²) in [6.07, 6.45) is 11.9. The number of benzene rings is 1. The van der Waals surface area contributed by atoms with E-state index >= 15 is 0 Å². The van der Waals surface area contributed by atoms with E-state index in [-0.39, 0.29) is 18.2 Å². The van der Waals surface area contributed by atoms with E-state index in [9.17, 15) is 9.59 Å². The first-order chi connectivity index (χ1) is 26.0. The van der Waals surface area contributed by atoms with Gasteiger partial charge in [0.1, 0.15) is 34.6 Å². The van der Waals surface area contributed by atoms with Crippen LogP contribution in [0, 0.1) is 5.41 Å². The molecule has 3 saturated heterocycles. The van der Waals surface area contributed by atoms with Crippen molar-refractivity contribution in [1.82, 2.24) is 29.2 Å². The lowest BCUT2D eigenvalue weighted by Gasteiger charge is -2.47. The number of anilines is 1. The van der Waals surface area contributed by atoms with Crippen LogP contribution in [0.1, 0.15) is 97.5 Å². The second-order valence-corrected chi connectivity index (χ2v) is 16.3. The van der Waals surface area contributed by atoms with Crippen LogP contribution in [0.25, 0.3) is 33.2 Å². The predicted molar refractivity (Wildman–Crippen MR) is 208 cm³/mol. The summed E-state index contributed by atoms with van der Waals surface area (Å²) in [5.41, 5.74) is 3.92. The number of amides is 1. The number of hydrogen-bond donors (Lipinski definition) is 0. The number of fused-ring (bicyclic) bond motifs is 2. The van der Waals surface area contributed by atoms with Crippen LogP contribution < -0.4 is 9.64 Å². The molecule has 1 amide bonds. The topological polar surface area (TPSA) is 117 Å². The Morgan fingerprint density at radius 1 is 0.944 bits per heavy atom. The first kappa shape index (κ1) is 36.0. The minimum atomic E-state index is -0.623. The molecule has 284 valence electrons. The summed E-state index contributed by atoms with van der Waals surface area (Å²) >= 11 is 0. The Hall–Kier alpha value is -4.97. The molecule has 1 unspecified atom stereocenters. The maximum atomic E-state index is 12.9. The van der Waals surface area contributed by atoms with Crippen LogP contribution in [0.5, 0.6) is 5.75 Å². The van der Waals surface area contributed by atoms with Crippen LogP contribution in [0.2, 0.25) is 0 Å². The van der Waals surface area contributed by atoms with E-state index < -0.39 is 11.7 Å². The molecule has 0 bridgehead atoms. The summed E-state index contributed by atoms with van der Waals surface area (Å²) in [5, 5.41) is 6.96. The molecule has 3 aliphatic rings. The van der Waals surface area contributed by atoms with Crippen molar-refractivity contribution in [3.05, 3.63) is 66.6 Å². The molecule has 7 heterocycles. The van der Waals surface area contributed by atoms with Crippen molar-refractivity contribution in [3.8, 4) is 17.0 Å². The van der Waals surface area contributed by atoms with Gasteiger partial charge in [0.05, 0.1) is 5.52 Å². The molecular formula is C42H51N7O5. The highest BCUT2D eigenvalue weighted by atomic mass is 16.6. The zero-order valence-corrected chi connectivity index (χ0v) is 32.1. The fourth-order valence-corrected chi connectivity index (χ4v) is 8.40. The summed E-state index contributed by atoms with van der Waals surface area (Å²) < 4.78 is 21.9. The number of piperidine rings is 2. The van der Waals surface area contributed by atoms with Gasteiger partial charge in [-0.25, -0.2) is 24.0 Å². The molecule has 54 heavy (non-hydrogen) atoms. The standard InChI is InChI=1S/C42H51N7O5/c1-28(32-13-19-43-39-33(32)14-20-48(39)40(51)54-41(3,4)5)53-31-10-11-35-34(26-31)38(45-49(35)37-8-6-7-25-52-37)30-9-12-36(44-27-30)47-23-17-42(18-24-47)15-21-46(22-16-42)29(2)50/h9-14,19-20,26-28,37H,6-8,15-18,21-25H2,1-5H3/t28-,37?/m1/s1. The zero-order chi connectivity index (χ0) is 37.6. The van der Waals surface area contributed by atoms with Crippen LogP contribution in [-0.4, -0.2) is 79.6 Å². The highest BCUT2D eigenvalue weighted by molar-refractivity contribution is 5.94. The maximum absolute atomic E-state index is 12.9. The minimum Gasteiger partial charge on any atom is -0.486 e. The normalized spacial score (nSPS) is 19.7. The van der Waals surface area contributed by atoms with Crippen molar-refractivity contribution in [2.75, 3.05) is 37.7 Å². The molecule has 12 heteroatoms. The fraction of sp³-hybridized carbons (Fsp3) is 0.500. The average molecular weight is 734 g/mol. The molecule has 1 spiro atoms. The second-order valence-electron chi connectivity index (χ2n) is 16.3. The Labute approximate surface area is 316 Å². The summed E-state index contributed by atoms with van der Waals surface area (Å²) in [7, 11) is 0. The van der Waals surface area contributed by atoms with E-state index in [0.29, 0.717) is 16.8 Å². The second kappa shape index (κ2) is 14.4. The average Bonchev–Trinajstić information content (AvgIpc) is 3.77. The predicted octanol–water partition coefficient (Wildman–Crippen LogP) is 8.30. The molecule has 3 fully saturated rings. The molecule has 0 aliphatic carbocycles. The number of aromatic nitrogens is 5. The Morgan fingerprint density at radius 2 is 1.72 bits per heavy atom. The monoisotopic (exact) mass is 733 g/mol. The Morgan fingerprint density at radius 3 is 2.41 bits per heavy atom. The lowest BCUT2D eigenvalue weighted by atomic mass is 9.71. The van der Waals surface area contributed by atoms with Gasteiger partial charge in [-0.1, -0.05) is 0 Å². The fourth-order valence-electron chi connectivity index (χ4n) is 8.40. The summed E-state index contributed by atoms with van der Waals surface area (Å²) in [6.45, 7) is 13.6. The molecular weight excluding hydrogens is 683 g/mol. The van der Waals surface area contributed by atoms with Crippen molar-refractivity contribution >= 4 is 39.8 Å². The molecule has 3 aliphatic heterocycles. The van der Waals surface area contributed by atoms with Gasteiger partial charge in [0.2, 0.25) is 5.91 Å². The van der Waals surface area contributed by atoms with E-state index in [1.54, 1.807) is 19.3 Å². The van der Waals surface area contributed by atoms with Gasteiger partial charge in [-0.05, 0) is 121 Å². The molecule has 5 aromatic rings. The number of carbonyl (C=O) groups excluding carboxylic acids is 2. The van der Waals surface area contributed by atoms with Gasteiger partial charge < -0.3 is 24.0 Å². The molecule has 1 aromatic carbocycles. The number of ether oxygens (including phenoxy) is 3. The van der Waals surface area contributed by atoms with Crippen LogP contribution >= 0.6 is 0 Å². The van der Waals surface area contributed by atoms with Gasteiger partial charge in [-0.15, -0.1) is 0 Å². The molecule has 0 saturated carbocycles. The first-order valence-electron chi connectivity index (χ1n) is 19.4. The quantitative estimate of drug-likeness (QED) is 0.170. The van der Waals surface area contributed by atoms with Gasteiger partial charge in [-0.3, -0.25) is 4.79 Å². The van der Waals surface area contributed by atoms with Gasteiger partial charge in [-0.2, -0.15) is 5.10 Å². The zero-order valence-electron chi connectivity index (χ0n) is 32.1. The van der Waals surface area contributed by atoms with E-state index in [4.69, 9.17) is 24.3 Å². The summed E-state index contributed by atoms with van der Waals surface area (Å²) in [6, 6.07) is 14.2. The third-order valence-corrected chi connectivity index (χ3v) is 11.5. The van der Waals surface area contributed by atoms with Gasteiger partial charge in [0.25, 0.3) is 0 Å². The third-order valence-electron chi connectivity index (χ3n) is 11.5. The largest absolute Gasteiger partial charge is 0.486 e. The van der Waals surface area contributed by atoms with Crippen molar-refractivity contribution in [1.29, 1.82) is 0 Å². The van der Waals surface area contributed by atoms with Gasteiger partial charge in [0.15, 0.2) is 6.23 Å². The molecule has 2 atom stereocenters. The maximum Gasteiger partial charge on any atom is 0.420 e. The minimum absolute atomic E-state index is 0.130. The van der Waals surface area contributed by atoms with Gasteiger partial charge in [0, 0.05) is 80.2 Å². The smallest absolute Gasteiger partial charge is 0.420 e. The van der Waals surface area contributed by atoms with E-state index in [0.717, 1.165) is 117 Å². The number of carbonyl (C=O) groups is 2. The number of rotatable bonds is 6. The van der Waals surface area contributed by atoms with Crippen molar-refractivity contribution in [2.24, 2.45) is 5.41 Å². The first-order valence-corrected chi connectivity index (χ1v) is 19.4. The van der Waals surface area contributed by atoms with Crippen molar-refractivity contribution in [2.45, 2.75) is 97.5 Å². The van der Waals surface area contributed by atoms with E-state index in [1.807, 2.05) is 61.7 Å². The van der Waals surface area contributed by atoms with E-state index in [2.05, 4.69) is 34.1 Å². The molecule has 8 rings (SSSR count). The summed E-state index contributed by atoms with van der Waals surface area (Å²) in [4.78, 5) is 38.6. The van der Waals surface area contributed by atoms with Crippen molar-refractivity contribution < 1.29 is 23.8 Å². The Kier molecular flexibility index (Phi) is 9.58. The molecule has 4 aromatic heterocycles. The third kappa shape index (κ3) is 7.15. The van der Waals surface area contributed by atoms with Crippen LogP contribution in [-0.2, 0) is 14.3 Å². The summed E-state index contributed by atoms with van der Waals surface area (Å²) in [5.74, 6) is 1.88. The lowest BCUT2D eigenvalue weighted by Crippen LogP contribution is -2.48. The van der Waals surface area contributed by atoms with E-state index in [1.165, 1.54) is 4.57 Å². The molecule has 12 nitrogen and oxygen atoms in total. The lowest BCUT2D eigenvalue weighted by molar-refractivity contribution is -0.131. The van der Waals surface area contributed by atoms with Crippen LogP contribution in [0.4, 0.5) is 10.6 Å². The van der Waals surface area contributed by atoms with Crippen LogP contribution in [0.15, 0.2) is 61.1 Å². The molecule has 0 N–H and O–H groups in total. The number of hydrogen-bond acceptors (Lipinski definition) is 9. The Balaban J connectivity index is 1.04. The number of likely N-dealkylation sites (tertiary alicyclic amines) is 1. The SMILES string of the molecule is CC(=O)N1CCC2(CC1)CCN(c1ccc(-c3nn(C4CCCCO4)c4ccc(O[C@H](C)c5ccnc6c5ccn6C(=O)OC(C)(C)C)cc34)cn1)CC2. The van der Waals surface area contributed by atoms with Crippen molar-refractivity contribution in [3.63, 3.8) is 0 Å². The Bertz CT molecular complexity index is 2140. The van der Waals surface area contributed by atoms with Gasteiger partial charge >= 0.3 is 6.09 Å². The number of nitrogens with zero attached hydrogens (tertiary/aromatic N) is 7. The highest BCUT2D eigenvalue weighted by Crippen LogP contribution is 2.42. The number of pyridine rings is 2.